The highest BCUT2D eigenvalue weighted by Crippen LogP contribution is 2.36. The third kappa shape index (κ3) is 3.99. The molecule has 0 aliphatic carbocycles. The van der Waals surface area contributed by atoms with Crippen molar-refractivity contribution in [3.63, 3.8) is 0 Å². The predicted molar refractivity (Wildman–Crippen MR) is 95.6 cm³/mol. The molecular formula is C18H28BNO4. The van der Waals surface area contributed by atoms with E-state index in [1.165, 1.54) is 0 Å². The van der Waals surface area contributed by atoms with Crippen LogP contribution in [0.2, 0.25) is 0 Å². The van der Waals surface area contributed by atoms with Crippen molar-refractivity contribution in [1.29, 1.82) is 0 Å². The van der Waals surface area contributed by atoms with E-state index in [9.17, 15) is 4.79 Å². The normalized spacial score (nSPS) is 18.7. The summed E-state index contributed by atoms with van der Waals surface area (Å²) in [5, 5.41) is 0. The predicted octanol–water partition coefficient (Wildman–Crippen LogP) is 2.09. The second kappa shape index (κ2) is 7.25. The van der Waals surface area contributed by atoms with E-state index >= 15 is 0 Å². The van der Waals surface area contributed by atoms with Crippen LogP contribution >= 0.6 is 0 Å². The van der Waals surface area contributed by atoms with Gasteiger partial charge >= 0.3 is 7.12 Å². The van der Waals surface area contributed by atoms with Gasteiger partial charge in [-0.1, -0.05) is 12.1 Å². The molecular weight excluding hydrogens is 305 g/mol. The summed E-state index contributed by atoms with van der Waals surface area (Å²) in [5.74, 6) is 0.00608. The van der Waals surface area contributed by atoms with Crippen molar-refractivity contribution in [3.8, 4) is 0 Å². The van der Waals surface area contributed by atoms with Crippen LogP contribution < -0.4 is 5.46 Å². The Morgan fingerprint density at radius 3 is 2.17 bits per heavy atom. The Morgan fingerprint density at radius 1 is 1.12 bits per heavy atom. The lowest BCUT2D eigenvalue weighted by molar-refractivity contribution is 0.00578. The van der Waals surface area contributed by atoms with Crippen molar-refractivity contribution in [2.24, 2.45) is 0 Å². The number of hydrogen-bond donors (Lipinski definition) is 0. The number of carbonyl (C=O) groups excluding carboxylic acids is 1. The smallest absolute Gasteiger partial charge is 0.399 e. The average molecular weight is 333 g/mol. The molecule has 1 heterocycles. The first-order chi connectivity index (χ1) is 11.2. The molecule has 0 unspecified atom stereocenters. The van der Waals surface area contributed by atoms with Crippen molar-refractivity contribution in [2.75, 3.05) is 27.3 Å². The van der Waals surface area contributed by atoms with Gasteiger partial charge in [0.1, 0.15) is 0 Å². The zero-order valence-electron chi connectivity index (χ0n) is 15.6. The first kappa shape index (κ1) is 19.0. The van der Waals surface area contributed by atoms with Crippen LogP contribution in [0.5, 0.6) is 0 Å². The maximum absolute atomic E-state index is 12.4. The summed E-state index contributed by atoms with van der Waals surface area (Å²) >= 11 is 0. The molecule has 0 bridgehead atoms. The lowest BCUT2D eigenvalue weighted by atomic mass is 9.79. The van der Waals surface area contributed by atoms with E-state index in [0.717, 1.165) is 11.9 Å². The third-order valence-corrected chi connectivity index (χ3v) is 4.87. The molecule has 0 N–H and O–H groups in total. The molecule has 2 rings (SSSR count). The quantitative estimate of drug-likeness (QED) is 0.591. The summed E-state index contributed by atoms with van der Waals surface area (Å²) in [6, 6.07) is 7.46. The Hall–Kier alpha value is -1.37. The fourth-order valence-electron chi connectivity index (χ4n) is 2.53. The molecule has 6 heteroatoms. The topological polar surface area (TPSA) is 48.0 Å². The monoisotopic (exact) mass is 333 g/mol. The molecule has 0 saturated carbocycles. The minimum atomic E-state index is -0.404. The fourth-order valence-corrected chi connectivity index (χ4v) is 2.53. The Bertz CT molecular complexity index is 555. The highest BCUT2D eigenvalue weighted by atomic mass is 16.7. The standard InChI is InChI=1S/C18H28BNO4/c1-17(2)18(3,4)24-19(23-17)15-10-8-14(9-11-15)16(21)20(5)12-7-13-22-6/h8-11H,7,12-13H2,1-6H3. The molecule has 1 aliphatic rings. The van der Waals surface area contributed by atoms with Gasteiger partial charge in [-0.25, -0.2) is 0 Å². The Labute approximate surface area is 145 Å². The summed E-state index contributed by atoms with van der Waals surface area (Å²) in [7, 11) is 3.06. The van der Waals surface area contributed by atoms with Crippen LogP contribution in [0, 0.1) is 0 Å². The molecule has 1 aliphatic heterocycles. The lowest BCUT2D eigenvalue weighted by Crippen LogP contribution is -2.41. The van der Waals surface area contributed by atoms with Gasteiger partial charge in [0.05, 0.1) is 11.2 Å². The Balaban J connectivity index is 2.02. The Morgan fingerprint density at radius 2 is 1.67 bits per heavy atom. The largest absolute Gasteiger partial charge is 0.494 e. The molecule has 0 atom stereocenters. The number of ether oxygens (including phenoxy) is 1. The van der Waals surface area contributed by atoms with Crippen LogP contribution in [-0.4, -0.2) is 56.4 Å². The number of methoxy groups -OCH3 is 1. The van der Waals surface area contributed by atoms with Crippen molar-refractivity contribution >= 4 is 18.5 Å². The van der Waals surface area contributed by atoms with Crippen molar-refractivity contribution in [2.45, 2.75) is 45.3 Å². The van der Waals surface area contributed by atoms with E-state index in [2.05, 4.69) is 0 Å². The van der Waals surface area contributed by atoms with E-state index in [0.29, 0.717) is 18.7 Å². The molecule has 1 aromatic carbocycles. The molecule has 1 saturated heterocycles. The van der Waals surface area contributed by atoms with Crippen LogP contribution in [0.25, 0.3) is 0 Å². The van der Waals surface area contributed by atoms with Crippen LogP contribution in [0.4, 0.5) is 0 Å². The number of nitrogens with zero attached hydrogens (tertiary/aromatic N) is 1. The number of rotatable bonds is 6. The van der Waals surface area contributed by atoms with Gasteiger partial charge in [-0.3, -0.25) is 4.79 Å². The number of carbonyl (C=O) groups is 1. The van der Waals surface area contributed by atoms with E-state index < -0.39 is 7.12 Å². The lowest BCUT2D eigenvalue weighted by Gasteiger charge is -2.32. The first-order valence-electron chi connectivity index (χ1n) is 8.38. The molecule has 1 aromatic rings. The van der Waals surface area contributed by atoms with E-state index in [1.54, 1.807) is 19.1 Å². The Kier molecular flexibility index (Phi) is 5.73. The number of amides is 1. The maximum Gasteiger partial charge on any atom is 0.494 e. The highest BCUT2D eigenvalue weighted by molar-refractivity contribution is 6.62. The second-order valence-electron chi connectivity index (χ2n) is 7.28. The summed E-state index contributed by atoms with van der Waals surface area (Å²) < 4.78 is 17.1. The van der Waals surface area contributed by atoms with Gasteiger partial charge in [0.2, 0.25) is 0 Å². The van der Waals surface area contributed by atoms with Crippen LogP contribution in [0.1, 0.15) is 44.5 Å². The summed E-state index contributed by atoms with van der Waals surface area (Å²) in [6.07, 6.45) is 0.824. The van der Waals surface area contributed by atoms with Gasteiger partial charge in [0.15, 0.2) is 0 Å². The summed E-state index contributed by atoms with van der Waals surface area (Å²) in [5.41, 5.74) is 0.851. The fraction of sp³-hybridized carbons (Fsp3) is 0.611. The van der Waals surface area contributed by atoms with E-state index in [-0.39, 0.29) is 17.1 Å². The van der Waals surface area contributed by atoms with Crippen molar-refractivity contribution in [3.05, 3.63) is 29.8 Å². The minimum absolute atomic E-state index is 0.00608. The first-order valence-corrected chi connectivity index (χ1v) is 8.38. The summed E-state index contributed by atoms with van der Waals surface area (Å²) in [6.45, 7) is 9.43. The van der Waals surface area contributed by atoms with E-state index in [4.69, 9.17) is 14.0 Å². The SMILES string of the molecule is COCCCN(C)C(=O)c1ccc(B2OC(C)(C)C(C)(C)O2)cc1. The molecule has 0 radical (unpaired) electrons. The van der Waals surface area contributed by atoms with Crippen LogP contribution in [0.3, 0.4) is 0 Å². The molecule has 1 amide bonds. The number of hydrogen-bond acceptors (Lipinski definition) is 4. The second-order valence-corrected chi connectivity index (χ2v) is 7.28. The van der Waals surface area contributed by atoms with Gasteiger partial charge in [-0.15, -0.1) is 0 Å². The van der Waals surface area contributed by atoms with Crippen molar-refractivity contribution in [1.82, 2.24) is 4.90 Å². The highest BCUT2D eigenvalue weighted by Gasteiger charge is 2.51. The molecule has 0 aromatic heterocycles. The maximum atomic E-state index is 12.4. The summed E-state index contributed by atoms with van der Waals surface area (Å²) in [4.78, 5) is 14.1. The van der Waals surface area contributed by atoms with Crippen LogP contribution in [-0.2, 0) is 14.0 Å². The van der Waals surface area contributed by atoms with Crippen LogP contribution in [0.15, 0.2) is 24.3 Å². The van der Waals surface area contributed by atoms with Gasteiger partial charge in [0, 0.05) is 32.9 Å². The molecule has 132 valence electrons. The zero-order chi connectivity index (χ0) is 18.0. The molecule has 0 spiro atoms. The third-order valence-electron chi connectivity index (χ3n) is 4.87. The van der Waals surface area contributed by atoms with E-state index in [1.807, 2.05) is 52.0 Å². The van der Waals surface area contributed by atoms with Gasteiger partial charge in [-0.2, -0.15) is 0 Å². The molecule has 24 heavy (non-hydrogen) atoms. The van der Waals surface area contributed by atoms with Gasteiger partial charge < -0.3 is 18.9 Å². The minimum Gasteiger partial charge on any atom is -0.399 e. The average Bonchev–Trinajstić information content (AvgIpc) is 2.75. The molecule has 5 nitrogen and oxygen atoms in total. The number of benzene rings is 1. The molecule has 1 fully saturated rings. The zero-order valence-corrected chi connectivity index (χ0v) is 15.6. The van der Waals surface area contributed by atoms with Crippen molar-refractivity contribution < 1.29 is 18.8 Å². The van der Waals surface area contributed by atoms with Gasteiger partial charge in [-0.05, 0) is 51.7 Å². The van der Waals surface area contributed by atoms with Gasteiger partial charge in [0.25, 0.3) is 5.91 Å².